The number of hydrogen-bond acceptors (Lipinski definition) is 6. The number of benzene rings is 2. The van der Waals surface area contributed by atoms with Crippen LogP contribution >= 0.6 is 23.2 Å². The van der Waals surface area contributed by atoms with E-state index in [0.717, 1.165) is 6.07 Å². The second-order valence-electron chi connectivity index (χ2n) is 5.34. The zero-order chi connectivity index (χ0) is 20.1. The van der Waals surface area contributed by atoms with E-state index >= 15 is 0 Å². The first kappa shape index (κ1) is 20.5. The van der Waals surface area contributed by atoms with Gasteiger partial charge in [0.15, 0.2) is 11.9 Å². The maximum absolute atomic E-state index is 12.2. The number of amides is 1. The van der Waals surface area contributed by atoms with Crippen molar-refractivity contribution in [3.05, 3.63) is 62.1 Å². The van der Waals surface area contributed by atoms with Gasteiger partial charge in [-0.25, -0.2) is 4.79 Å². The van der Waals surface area contributed by atoms with Crippen molar-refractivity contribution in [2.45, 2.75) is 13.0 Å². The van der Waals surface area contributed by atoms with Gasteiger partial charge < -0.3 is 14.8 Å². The lowest BCUT2D eigenvalue weighted by Crippen LogP contribution is -2.30. The molecule has 0 fully saturated rings. The highest BCUT2D eigenvalue weighted by atomic mass is 35.5. The third-order valence-corrected chi connectivity index (χ3v) is 3.83. The van der Waals surface area contributed by atoms with Crippen molar-refractivity contribution in [1.29, 1.82) is 0 Å². The van der Waals surface area contributed by atoms with E-state index in [1.165, 1.54) is 44.4 Å². The van der Waals surface area contributed by atoms with E-state index in [0.29, 0.717) is 15.7 Å². The number of carbonyl (C=O) groups excluding carboxylic acids is 2. The Morgan fingerprint density at radius 2 is 1.78 bits per heavy atom. The summed E-state index contributed by atoms with van der Waals surface area (Å²) in [6.07, 6.45) is -1.17. The van der Waals surface area contributed by atoms with Gasteiger partial charge in [0.2, 0.25) is 0 Å². The number of rotatable bonds is 6. The van der Waals surface area contributed by atoms with Gasteiger partial charge in [-0.15, -0.1) is 0 Å². The molecule has 27 heavy (non-hydrogen) atoms. The van der Waals surface area contributed by atoms with Crippen LogP contribution in [0.4, 0.5) is 11.4 Å². The molecule has 1 N–H and O–H groups in total. The number of esters is 1. The minimum absolute atomic E-state index is 0.000163. The number of halogens is 2. The average molecular weight is 413 g/mol. The molecule has 142 valence electrons. The highest BCUT2D eigenvalue weighted by Gasteiger charge is 2.23. The van der Waals surface area contributed by atoms with E-state index in [9.17, 15) is 19.7 Å². The summed E-state index contributed by atoms with van der Waals surface area (Å²) < 4.78 is 9.93. The Hall–Kier alpha value is -2.84. The third kappa shape index (κ3) is 5.32. The number of methoxy groups -OCH3 is 1. The fraction of sp³-hybridized carbons (Fsp3) is 0.176. The molecule has 0 unspecified atom stereocenters. The lowest BCUT2D eigenvalue weighted by molar-refractivity contribution is -0.385. The number of carbonyl (C=O) groups is 2. The average Bonchev–Trinajstić information content (AvgIpc) is 2.59. The molecule has 2 aromatic rings. The van der Waals surface area contributed by atoms with Crippen molar-refractivity contribution in [3.8, 4) is 5.75 Å². The minimum Gasteiger partial charge on any atom is -0.490 e. The summed E-state index contributed by atoms with van der Waals surface area (Å²) >= 11 is 11.7. The highest BCUT2D eigenvalue weighted by molar-refractivity contribution is 6.35. The molecule has 0 saturated heterocycles. The number of ether oxygens (including phenoxy) is 2. The van der Waals surface area contributed by atoms with Crippen LogP contribution in [0, 0.1) is 10.1 Å². The third-order valence-electron chi connectivity index (χ3n) is 3.39. The smallest absolute Gasteiger partial charge is 0.339 e. The largest absolute Gasteiger partial charge is 0.490 e. The summed E-state index contributed by atoms with van der Waals surface area (Å²) in [7, 11) is 1.27. The zero-order valence-corrected chi connectivity index (χ0v) is 15.7. The fourth-order valence-electron chi connectivity index (χ4n) is 2.11. The Kier molecular flexibility index (Phi) is 6.59. The summed E-state index contributed by atoms with van der Waals surface area (Å²) in [4.78, 5) is 34.7. The van der Waals surface area contributed by atoms with Gasteiger partial charge in [-0.2, -0.15) is 0 Å². The molecule has 2 aromatic carbocycles. The van der Waals surface area contributed by atoms with E-state index in [-0.39, 0.29) is 11.3 Å². The van der Waals surface area contributed by atoms with Crippen LogP contribution in [0.3, 0.4) is 0 Å². The first-order chi connectivity index (χ1) is 12.7. The molecule has 1 amide bonds. The van der Waals surface area contributed by atoms with Crippen molar-refractivity contribution in [1.82, 2.24) is 0 Å². The Labute approximate surface area is 164 Å². The highest BCUT2D eigenvalue weighted by Crippen LogP contribution is 2.28. The van der Waals surface area contributed by atoms with E-state index < -0.39 is 28.6 Å². The Morgan fingerprint density at radius 3 is 2.33 bits per heavy atom. The van der Waals surface area contributed by atoms with E-state index in [4.69, 9.17) is 32.7 Å². The molecular weight excluding hydrogens is 399 g/mol. The summed E-state index contributed by atoms with van der Waals surface area (Å²) in [5, 5.41) is 14.2. The van der Waals surface area contributed by atoms with Crippen LogP contribution < -0.4 is 10.1 Å². The van der Waals surface area contributed by atoms with Crippen LogP contribution in [-0.4, -0.2) is 30.0 Å². The van der Waals surface area contributed by atoms with Crippen molar-refractivity contribution >= 4 is 46.5 Å². The number of hydrogen-bond donors (Lipinski definition) is 1. The normalized spacial score (nSPS) is 11.4. The zero-order valence-electron chi connectivity index (χ0n) is 14.2. The van der Waals surface area contributed by atoms with Crippen LogP contribution in [0.1, 0.15) is 17.3 Å². The quantitative estimate of drug-likeness (QED) is 0.434. The van der Waals surface area contributed by atoms with Crippen LogP contribution in [-0.2, 0) is 9.53 Å². The predicted molar refractivity (Wildman–Crippen MR) is 99.6 cm³/mol. The molecule has 10 heteroatoms. The SMILES string of the molecule is COc1ccc(C(=O)O[C@@H](C)C(=O)Nc2cc(Cl)cc(Cl)c2)cc1[N+](=O)[O-]. The summed E-state index contributed by atoms with van der Waals surface area (Å²) in [6, 6.07) is 8.05. The van der Waals surface area contributed by atoms with E-state index in [2.05, 4.69) is 5.32 Å². The van der Waals surface area contributed by atoms with Gasteiger partial charge in [0.1, 0.15) is 0 Å². The number of anilines is 1. The van der Waals surface area contributed by atoms with Crippen LogP contribution in [0.5, 0.6) is 5.75 Å². The number of nitro groups is 1. The molecule has 8 nitrogen and oxygen atoms in total. The first-order valence-electron chi connectivity index (χ1n) is 7.51. The topological polar surface area (TPSA) is 108 Å². The first-order valence-corrected chi connectivity index (χ1v) is 8.27. The standard InChI is InChI=1S/C17H14Cl2N2O6/c1-9(16(22)20-13-7-11(18)6-12(19)8-13)27-17(23)10-3-4-15(26-2)14(5-10)21(24)25/h3-9H,1-2H3,(H,20,22)/t9-/m0/s1. The van der Waals surface area contributed by atoms with Crippen molar-refractivity contribution < 1.29 is 24.0 Å². The van der Waals surface area contributed by atoms with Gasteiger partial charge in [-0.3, -0.25) is 14.9 Å². The number of nitro benzene ring substituents is 1. The monoisotopic (exact) mass is 412 g/mol. The molecule has 0 saturated carbocycles. The van der Waals surface area contributed by atoms with Gasteiger partial charge in [-0.1, -0.05) is 23.2 Å². The van der Waals surface area contributed by atoms with Gasteiger partial charge in [0, 0.05) is 21.8 Å². The predicted octanol–water partition coefficient (Wildman–Crippen LogP) is 4.09. The maximum atomic E-state index is 12.2. The molecule has 0 heterocycles. The molecule has 0 bridgehead atoms. The molecule has 0 aliphatic carbocycles. The van der Waals surface area contributed by atoms with E-state index in [1.54, 1.807) is 0 Å². The van der Waals surface area contributed by atoms with Crippen LogP contribution in [0.2, 0.25) is 10.0 Å². The van der Waals surface area contributed by atoms with Crippen molar-refractivity contribution in [2.75, 3.05) is 12.4 Å². The van der Waals surface area contributed by atoms with Gasteiger partial charge >= 0.3 is 11.7 Å². The minimum atomic E-state index is -1.17. The molecule has 0 spiro atoms. The molecule has 1 atom stereocenters. The van der Waals surface area contributed by atoms with E-state index in [1.807, 2.05) is 0 Å². The lowest BCUT2D eigenvalue weighted by atomic mass is 10.2. The fourth-order valence-corrected chi connectivity index (χ4v) is 2.64. The molecular formula is C17H14Cl2N2O6. The Balaban J connectivity index is 2.09. The Morgan fingerprint density at radius 1 is 1.15 bits per heavy atom. The summed E-state index contributed by atoms with van der Waals surface area (Å²) in [6.45, 7) is 1.36. The van der Waals surface area contributed by atoms with Gasteiger partial charge in [-0.05, 0) is 37.3 Å². The molecule has 0 aromatic heterocycles. The van der Waals surface area contributed by atoms with Crippen LogP contribution in [0.15, 0.2) is 36.4 Å². The van der Waals surface area contributed by atoms with Crippen molar-refractivity contribution in [2.24, 2.45) is 0 Å². The maximum Gasteiger partial charge on any atom is 0.339 e. The lowest BCUT2D eigenvalue weighted by Gasteiger charge is -2.14. The molecule has 2 rings (SSSR count). The summed E-state index contributed by atoms with van der Waals surface area (Å²) in [5.41, 5.74) is -0.147. The second kappa shape index (κ2) is 8.70. The molecule has 0 aliphatic heterocycles. The van der Waals surface area contributed by atoms with Gasteiger partial charge in [0.05, 0.1) is 17.6 Å². The van der Waals surface area contributed by atoms with Gasteiger partial charge in [0.25, 0.3) is 5.91 Å². The molecule has 0 radical (unpaired) electrons. The second-order valence-corrected chi connectivity index (χ2v) is 6.21. The number of nitrogens with one attached hydrogen (secondary N) is 1. The number of nitrogens with zero attached hydrogens (tertiary/aromatic N) is 1. The summed E-state index contributed by atoms with van der Waals surface area (Å²) in [5.74, 6) is -1.52. The van der Waals surface area contributed by atoms with Crippen molar-refractivity contribution in [3.63, 3.8) is 0 Å². The Bertz CT molecular complexity index is 883. The van der Waals surface area contributed by atoms with Crippen LogP contribution in [0.25, 0.3) is 0 Å². The molecule has 0 aliphatic rings.